The van der Waals surface area contributed by atoms with Crippen molar-refractivity contribution in [1.29, 1.82) is 0 Å². The second-order valence-corrected chi connectivity index (χ2v) is 18.1. The molecule has 0 N–H and O–H groups in total. The fourth-order valence-corrected chi connectivity index (χ4v) is 10.8. The Morgan fingerprint density at radius 1 is 0.295 bits per heavy atom. The molecule has 0 saturated carbocycles. The van der Waals surface area contributed by atoms with Gasteiger partial charge in [0.05, 0.1) is 5.69 Å². The van der Waals surface area contributed by atoms with E-state index >= 15 is 0 Å². The highest BCUT2D eigenvalue weighted by Gasteiger charge is 2.38. The lowest BCUT2D eigenvalue weighted by Gasteiger charge is -2.30. The number of hydrogen-bond donors (Lipinski definition) is 0. The molecule has 0 saturated heterocycles. The number of hydrogen-bond acceptors (Lipinski definition) is 1. The van der Waals surface area contributed by atoms with Crippen molar-refractivity contribution in [2.75, 3.05) is 4.90 Å². The van der Waals surface area contributed by atoms with Gasteiger partial charge in [-0.2, -0.15) is 0 Å². The summed E-state index contributed by atoms with van der Waals surface area (Å²) in [7, 11) is 0. The van der Waals surface area contributed by atoms with Crippen molar-refractivity contribution in [3.05, 3.63) is 222 Å². The minimum Gasteiger partial charge on any atom is -0.310 e. The van der Waals surface area contributed by atoms with E-state index in [4.69, 9.17) is 0 Å². The van der Waals surface area contributed by atoms with Crippen LogP contribution < -0.4 is 4.90 Å². The normalized spacial score (nSPS) is 14.2. The van der Waals surface area contributed by atoms with Crippen LogP contribution in [0.1, 0.15) is 49.9 Å². The summed E-state index contributed by atoms with van der Waals surface area (Å²) >= 11 is 0. The Hall–Kier alpha value is -7.22. The summed E-state index contributed by atoms with van der Waals surface area (Å²) in [4.78, 5) is 2.50. The average Bonchev–Trinajstić information content (AvgIpc) is 3.67. The van der Waals surface area contributed by atoms with Gasteiger partial charge in [-0.3, -0.25) is 0 Å². The zero-order valence-corrected chi connectivity index (χ0v) is 35.0. The van der Waals surface area contributed by atoms with E-state index in [1.165, 1.54) is 105 Å². The van der Waals surface area contributed by atoms with Crippen molar-refractivity contribution >= 4 is 49.4 Å². The van der Waals surface area contributed by atoms with Crippen LogP contribution >= 0.6 is 0 Å². The van der Waals surface area contributed by atoms with E-state index in [-0.39, 0.29) is 10.8 Å². The molecule has 2 aliphatic rings. The standard InChI is InChI=1S/C60H45N/c1-59(2)54-34-40(38-15-6-5-7-16-38)25-29-49(54)51-31-27-43(36-56(51)59)61(58-24-14-19-39-17-8-11-21-46(39)58)44-28-32-52-50-30-26-42(35-55(50)60(3,4)57(52)37-44)53-33-41-18-9-10-20-45(41)47-22-12-13-23-48(47)53/h5-37H,1-4H3. The largest absolute Gasteiger partial charge is 0.310 e. The molecule has 0 amide bonds. The van der Waals surface area contributed by atoms with Crippen molar-refractivity contribution in [3.8, 4) is 44.5 Å². The lowest BCUT2D eigenvalue weighted by atomic mass is 9.81. The van der Waals surface area contributed by atoms with Gasteiger partial charge in [-0.25, -0.2) is 0 Å². The quantitative estimate of drug-likeness (QED) is 0.157. The molecule has 0 fully saturated rings. The molecule has 0 atom stereocenters. The maximum absolute atomic E-state index is 2.50. The number of anilines is 3. The molecule has 1 nitrogen and oxygen atoms in total. The van der Waals surface area contributed by atoms with Crippen LogP contribution in [0.2, 0.25) is 0 Å². The second kappa shape index (κ2) is 13.1. The fourth-order valence-electron chi connectivity index (χ4n) is 10.8. The molecular formula is C60H45N. The predicted octanol–water partition coefficient (Wildman–Crippen LogP) is 16.6. The van der Waals surface area contributed by atoms with Crippen LogP contribution in [0.15, 0.2) is 200 Å². The van der Waals surface area contributed by atoms with Crippen molar-refractivity contribution in [3.63, 3.8) is 0 Å². The zero-order chi connectivity index (χ0) is 41.0. The highest BCUT2D eigenvalue weighted by molar-refractivity contribution is 6.14. The van der Waals surface area contributed by atoms with Gasteiger partial charge in [-0.05, 0) is 142 Å². The summed E-state index contributed by atoms with van der Waals surface area (Å²) < 4.78 is 0. The Morgan fingerprint density at radius 2 is 0.770 bits per heavy atom. The van der Waals surface area contributed by atoms with Crippen LogP contribution in [-0.2, 0) is 10.8 Å². The maximum atomic E-state index is 2.50. The Bertz CT molecular complexity index is 3420. The second-order valence-electron chi connectivity index (χ2n) is 18.1. The maximum Gasteiger partial charge on any atom is 0.0540 e. The molecule has 0 radical (unpaired) electrons. The molecule has 2 aliphatic carbocycles. The molecule has 10 aromatic carbocycles. The first kappa shape index (κ1) is 35.7. The zero-order valence-electron chi connectivity index (χ0n) is 35.0. The summed E-state index contributed by atoms with van der Waals surface area (Å²) in [5.74, 6) is 0. The summed E-state index contributed by atoms with van der Waals surface area (Å²) in [5, 5.41) is 7.62. The molecule has 0 heterocycles. The van der Waals surface area contributed by atoms with Crippen LogP contribution in [0.4, 0.5) is 17.1 Å². The monoisotopic (exact) mass is 779 g/mol. The van der Waals surface area contributed by atoms with E-state index in [2.05, 4.69) is 233 Å². The first-order valence-electron chi connectivity index (χ1n) is 21.6. The van der Waals surface area contributed by atoms with Crippen molar-refractivity contribution < 1.29 is 0 Å². The van der Waals surface area contributed by atoms with Crippen LogP contribution in [0.3, 0.4) is 0 Å². The smallest absolute Gasteiger partial charge is 0.0540 e. The van der Waals surface area contributed by atoms with Crippen LogP contribution in [0.5, 0.6) is 0 Å². The summed E-state index contributed by atoms with van der Waals surface area (Å²) in [6.45, 7) is 9.60. The van der Waals surface area contributed by atoms with Crippen molar-refractivity contribution in [1.82, 2.24) is 0 Å². The first-order valence-corrected chi connectivity index (χ1v) is 21.6. The highest BCUT2D eigenvalue weighted by atomic mass is 15.1. The molecule has 0 spiro atoms. The van der Waals surface area contributed by atoms with Crippen LogP contribution in [0, 0.1) is 0 Å². The van der Waals surface area contributed by atoms with Gasteiger partial charge in [-0.15, -0.1) is 0 Å². The Balaban J connectivity index is 0.995. The molecule has 12 rings (SSSR count). The molecule has 61 heavy (non-hydrogen) atoms. The predicted molar refractivity (Wildman–Crippen MR) is 260 cm³/mol. The highest BCUT2D eigenvalue weighted by Crippen LogP contribution is 2.54. The van der Waals surface area contributed by atoms with Gasteiger partial charge in [0.2, 0.25) is 0 Å². The number of benzene rings is 10. The summed E-state index contributed by atoms with van der Waals surface area (Å²) in [6, 6.07) is 74.8. The molecule has 290 valence electrons. The SMILES string of the molecule is CC1(C)c2cc(-c3ccccc3)ccc2-c2ccc(N(c3ccc4c(c3)C(C)(C)c3cc(-c5cc6ccccc6c6ccccc56)ccc3-4)c3cccc4ccccc34)cc21. The molecule has 0 bridgehead atoms. The topological polar surface area (TPSA) is 3.24 Å². The van der Waals surface area contributed by atoms with E-state index in [0.29, 0.717) is 0 Å². The number of rotatable bonds is 5. The van der Waals surface area contributed by atoms with Crippen LogP contribution in [-0.4, -0.2) is 0 Å². The molecule has 10 aromatic rings. The lowest BCUT2D eigenvalue weighted by Crippen LogP contribution is -2.18. The van der Waals surface area contributed by atoms with E-state index in [0.717, 1.165) is 11.4 Å². The van der Waals surface area contributed by atoms with Crippen molar-refractivity contribution in [2.45, 2.75) is 38.5 Å². The number of nitrogens with zero attached hydrogens (tertiary/aromatic N) is 1. The first-order chi connectivity index (χ1) is 29.8. The van der Waals surface area contributed by atoms with E-state index in [1.807, 2.05) is 0 Å². The van der Waals surface area contributed by atoms with E-state index in [1.54, 1.807) is 0 Å². The number of fused-ring (bicyclic) bond motifs is 10. The van der Waals surface area contributed by atoms with Gasteiger partial charge in [0, 0.05) is 27.6 Å². The lowest BCUT2D eigenvalue weighted by molar-refractivity contribution is 0.660. The van der Waals surface area contributed by atoms with Gasteiger partial charge in [0.25, 0.3) is 0 Å². The fraction of sp³-hybridized carbons (Fsp3) is 0.100. The van der Waals surface area contributed by atoms with E-state index < -0.39 is 0 Å². The Labute approximate surface area is 358 Å². The molecular weight excluding hydrogens is 735 g/mol. The molecule has 0 aliphatic heterocycles. The Morgan fingerprint density at radius 3 is 1.43 bits per heavy atom. The minimum atomic E-state index is -0.216. The molecule has 0 aromatic heterocycles. The summed E-state index contributed by atoms with van der Waals surface area (Å²) in [6.07, 6.45) is 0. The molecule has 1 heteroatoms. The third-order valence-corrected chi connectivity index (χ3v) is 14.0. The van der Waals surface area contributed by atoms with E-state index in [9.17, 15) is 0 Å². The molecule has 0 unspecified atom stereocenters. The van der Waals surface area contributed by atoms with Crippen LogP contribution in [0.25, 0.3) is 76.8 Å². The Kier molecular flexibility index (Phi) is 7.69. The van der Waals surface area contributed by atoms with Gasteiger partial charge in [-0.1, -0.05) is 179 Å². The van der Waals surface area contributed by atoms with Gasteiger partial charge < -0.3 is 4.90 Å². The summed E-state index contributed by atoms with van der Waals surface area (Å²) in [5.41, 5.74) is 18.9. The third-order valence-electron chi connectivity index (χ3n) is 14.0. The minimum absolute atomic E-state index is 0.175. The third kappa shape index (κ3) is 5.33. The van der Waals surface area contributed by atoms with Gasteiger partial charge in [0.15, 0.2) is 0 Å². The van der Waals surface area contributed by atoms with Crippen molar-refractivity contribution in [2.24, 2.45) is 0 Å². The van der Waals surface area contributed by atoms with Gasteiger partial charge >= 0.3 is 0 Å². The average molecular weight is 780 g/mol. The van der Waals surface area contributed by atoms with Gasteiger partial charge in [0.1, 0.15) is 0 Å².